The van der Waals surface area contributed by atoms with E-state index >= 15 is 0 Å². The Morgan fingerprint density at radius 2 is 1.84 bits per heavy atom. The van der Waals surface area contributed by atoms with Crippen molar-refractivity contribution in [2.45, 2.75) is 39.0 Å². The van der Waals surface area contributed by atoms with E-state index in [1.165, 1.54) is 38.8 Å². The molecule has 2 saturated heterocycles. The molecule has 1 spiro atoms. The molecule has 4 nitrogen and oxygen atoms in total. The molecule has 3 heterocycles. The zero-order valence-corrected chi connectivity index (χ0v) is 11.9. The Morgan fingerprint density at radius 1 is 1.11 bits per heavy atom. The summed E-state index contributed by atoms with van der Waals surface area (Å²) in [4.78, 5) is 2.40. The van der Waals surface area contributed by atoms with Gasteiger partial charge in [0.1, 0.15) is 0 Å². The fraction of sp³-hybridized carbons (Fsp3) is 0.733. The smallest absolute Gasteiger partial charge is 0.151 e. The van der Waals surface area contributed by atoms with Gasteiger partial charge >= 0.3 is 0 Å². The van der Waals surface area contributed by atoms with E-state index in [9.17, 15) is 0 Å². The molecule has 1 N–H and O–H groups in total. The van der Waals surface area contributed by atoms with Crippen molar-refractivity contribution in [3.63, 3.8) is 0 Å². The zero-order chi connectivity index (χ0) is 13.1. The summed E-state index contributed by atoms with van der Waals surface area (Å²) in [5.41, 5.74) is 1.69. The first kappa shape index (κ1) is 12.9. The number of nitrogens with zero attached hydrogens (tertiary/aromatic N) is 3. The molecule has 2 aliphatic heterocycles. The third-order valence-electron chi connectivity index (χ3n) is 4.88. The van der Waals surface area contributed by atoms with Gasteiger partial charge < -0.3 is 10.2 Å². The van der Waals surface area contributed by atoms with Crippen LogP contribution in [0.1, 0.15) is 38.3 Å². The van der Waals surface area contributed by atoms with Gasteiger partial charge in [-0.1, -0.05) is 6.92 Å². The van der Waals surface area contributed by atoms with E-state index in [0.29, 0.717) is 5.41 Å². The van der Waals surface area contributed by atoms with Crippen LogP contribution in [0.15, 0.2) is 12.1 Å². The first-order chi connectivity index (χ1) is 9.31. The molecule has 0 radical (unpaired) electrons. The van der Waals surface area contributed by atoms with Gasteiger partial charge in [-0.05, 0) is 62.7 Å². The van der Waals surface area contributed by atoms with Crippen LogP contribution in [0.4, 0.5) is 5.82 Å². The van der Waals surface area contributed by atoms with Gasteiger partial charge in [-0.25, -0.2) is 0 Å². The average molecular weight is 260 g/mol. The van der Waals surface area contributed by atoms with Gasteiger partial charge in [0.25, 0.3) is 0 Å². The summed E-state index contributed by atoms with van der Waals surface area (Å²) in [6.07, 6.45) is 6.28. The Hall–Kier alpha value is -1.16. The highest BCUT2D eigenvalue weighted by Crippen LogP contribution is 2.40. The number of nitrogens with one attached hydrogen (secondary N) is 1. The second kappa shape index (κ2) is 5.45. The number of anilines is 1. The lowest BCUT2D eigenvalue weighted by molar-refractivity contribution is 0.154. The van der Waals surface area contributed by atoms with E-state index in [4.69, 9.17) is 0 Å². The van der Waals surface area contributed by atoms with E-state index < -0.39 is 0 Å². The average Bonchev–Trinajstić information content (AvgIpc) is 2.49. The molecule has 2 aliphatic rings. The van der Waals surface area contributed by atoms with Gasteiger partial charge in [-0.15, -0.1) is 5.10 Å². The van der Waals surface area contributed by atoms with Crippen LogP contribution in [0.5, 0.6) is 0 Å². The minimum atomic E-state index is 0.610. The minimum Gasteiger partial charge on any atom is -0.355 e. The van der Waals surface area contributed by atoms with Crippen LogP contribution in [0.2, 0.25) is 0 Å². The van der Waals surface area contributed by atoms with Crippen molar-refractivity contribution < 1.29 is 0 Å². The Kier molecular flexibility index (Phi) is 3.69. The van der Waals surface area contributed by atoms with Crippen LogP contribution >= 0.6 is 0 Å². The van der Waals surface area contributed by atoms with E-state index in [0.717, 1.165) is 31.0 Å². The summed E-state index contributed by atoms with van der Waals surface area (Å²) in [7, 11) is 0. The van der Waals surface area contributed by atoms with Crippen molar-refractivity contribution in [3.05, 3.63) is 17.8 Å². The van der Waals surface area contributed by atoms with Gasteiger partial charge in [0, 0.05) is 13.1 Å². The molecule has 19 heavy (non-hydrogen) atoms. The molecule has 0 aliphatic carbocycles. The molecule has 0 amide bonds. The monoisotopic (exact) mass is 260 g/mol. The molecule has 0 unspecified atom stereocenters. The lowest BCUT2D eigenvalue weighted by Gasteiger charge is -2.44. The lowest BCUT2D eigenvalue weighted by Crippen LogP contribution is -2.45. The molecular weight excluding hydrogens is 236 g/mol. The number of rotatable bonds is 2. The molecule has 3 rings (SSSR count). The normalized spacial score (nSPS) is 22.7. The standard InChI is InChI=1S/C15H24N4/c1-2-13-3-4-14(18-17-13)19-11-7-15(8-12-19)5-9-16-10-6-15/h3-4,16H,2,5-12H2,1H3. The zero-order valence-electron chi connectivity index (χ0n) is 11.9. The van der Waals surface area contributed by atoms with E-state index in [-0.39, 0.29) is 0 Å². The maximum absolute atomic E-state index is 4.37. The highest BCUT2D eigenvalue weighted by atomic mass is 15.3. The highest BCUT2D eigenvalue weighted by Gasteiger charge is 2.35. The van der Waals surface area contributed by atoms with Crippen molar-refractivity contribution in [1.82, 2.24) is 15.5 Å². The fourth-order valence-corrected chi connectivity index (χ4v) is 3.38. The Labute approximate surface area is 115 Å². The topological polar surface area (TPSA) is 41.0 Å². The summed E-state index contributed by atoms with van der Waals surface area (Å²) < 4.78 is 0. The fourth-order valence-electron chi connectivity index (χ4n) is 3.38. The first-order valence-electron chi connectivity index (χ1n) is 7.60. The summed E-state index contributed by atoms with van der Waals surface area (Å²) in [5.74, 6) is 1.06. The number of hydrogen-bond donors (Lipinski definition) is 1. The molecule has 0 bridgehead atoms. The van der Waals surface area contributed by atoms with E-state index in [1.807, 2.05) is 0 Å². The highest BCUT2D eigenvalue weighted by molar-refractivity contribution is 5.38. The maximum atomic E-state index is 4.37. The molecule has 1 aromatic heterocycles. The van der Waals surface area contributed by atoms with Crippen molar-refractivity contribution in [3.8, 4) is 0 Å². The second-order valence-corrected chi connectivity index (χ2v) is 5.97. The lowest BCUT2D eigenvalue weighted by atomic mass is 9.71. The minimum absolute atomic E-state index is 0.610. The predicted molar refractivity (Wildman–Crippen MR) is 77.4 cm³/mol. The number of hydrogen-bond acceptors (Lipinski definition) is 4. The molecule has 1 aromatic rings. The van der Waals surface area contributed by atoms with E-state index in [2.05, 4.69) is 39.5 Å². The van der Waals surface area contributed by atoms with Crippen molar-refractivity contribution in [2.75, 3.05) is 31.1 Å². The molecule has 0 atom stereocenters. The quantitative estimate of drug-likeness (QED) is 0.883. The summed E-state index contributed by atoms with van der Waals surface area (Å²) in [6, 6.07) is 4.24. The van der Waals surface area contributed by atoms with Crippen LogP contribution in [-0.4, -0.2) is 36.4 Å². The summed E-state index contributed by atoms with van der Waals surface area (Å²) >= 11 is 0. The summed E-state index contributed by atoms with van der Waals surface area (Å²) in [6.45, 7) is 6.79. The van der Waals surface area contributed by atoms with Gasteiger partial charge in [0.2, 0.25) is 0 Å². The molecule has 2 fully saturated rings. The third kappa shape index (κ3) is 2.73. The SMILES string of the molecule is CCc1ccc(N2CCC3(CCNCC3)CC2)nn1. The van der Waals surface area contributed by atoms with Crippen molar-refractivity contribution in [2.24, 2.45) is 5.41 Å². The number of piperidine rings is 2. The summed E-state index contributed by atoms with van der Waals surface area (Å²) in [5, 5.41) is 12.1. The van der Waals surface area contributed by atoms with Gasteiger partial charge in [-0.3, -0.25) is 0 Å². The van der Waals surface area contributed by atoms with Crippen molar-refractivity contribution in [1.29, 1.82) is 0 Å². The molecule has 4 heteroatoms. The van der Waals surface area contributed by atoms with Crippen LogP contribution in [-0.2, 0) is 6.42 Å². The number of aryl methyl sites for hydroxylation is 1. The Balaban J connectivity index is 1.62. The largest absolute Gasteiger partial charge is 0.355 e. The molecule has 0 aromatic carbocycles. The first-order valence-corrected chi connectivity index (χ1v) is 7.60. The van der Waals surface area contributed by atoms with Crippen LogP contribution in [0.25, 0.3) is 0 Å². The van der Waals surface area contributed by atoms with E-state index in [1.54, 1.807) is 0 Å². The van der Waals surface area contributed by atoms with Crippen molar-refractivity contribution >= 4 is 5.82 Å². The Morgan fingerprint density at radius 3 is 2.42 bits per heavy atom. The van der Waals surface area contributed by atoms with Crippen LogP contribution in [0, 0.1) is 5.41 Å². The number of aromatic nitrogens is 2. The molecule has 0 saturated carbocycles. The van der Waals surface area contributed by atoms with Crippen LogP contribution in [0.3, 0.4) is 0 Å². The van der Waals surface area contributed by atoms with Gasteiger partial charge in [0.05, 0.1) is 5.69 Å². The maximum Gasteiger partial charge on any atom is 0.151 e. The predicted octanol–water partition coefficient (Wildman–Crippen LogP) is 2.01. The second-order valence-electron chi connectivity index (χ2n) is 5.97. The third-order valence-corrected chi connectivity index (χ3v) is 4.88. The van der Waals surface area contributed by atoms with Gasteiger partial charge in [-0.2, -0.15) is 5.10 Å². The van der Waals surface area contributed by atoms with Gasteiger partial charge in [0.15, 0.2) is 5.82 Å². The molecular formula is C15H24N4. The Bertz CT molecular complexity index is 399. The molecule has 104 valence electrons. The van der Waals surface area contributed by atoms with Crippen LogP contribution < -0.4 is 10.2 Å².